The van der Waals surface area contributed by atoms with E-state index in [4.69, 9.17) is 5.26 Å². The molecule has 1 atom stereocenters. The van der Waals surface area contributed by atoms with Crippen molar-refractivity contribution in [3.05, 3.63) is 36.3 Å². The van der Waals surface area contributed by atoms with Crippen LogP contribution in [0.4, 0.5) is 0 Å². The van der Waals surface area contributed by atoms with E-state index in [-0.39, 0.29) is 17.4 Å². The molecule has 4 aromatic heterocycles. The molecule has 11 nitrogen and oxygen atoms in total. The normalized spacial score (nSPS) is 14.8. The predicted molar refractivity (Wildman–Crippen MR) is 114 cm³/mol. The SMILES string of the molecule is C[C@@H](NC(=O)c1c[nH]c2ncc(-c3nn(C)c4cccnc34)nc12)C(=O)N1CC(C#N)C1. The van der Waals surface area contributed by atoms with Crippen molar-refractivity contribution in [3.63, 3.8) is 0 Å². The standard InChI is InChI=1S/C21H19N9O2/c1-11(21(32)30-9-12(6-22)10-30)26-20(31)13-7-24-19-16(13)27-14(8-25-19)17-18-15(29(2)28-17)4-3-5-23-18/h3-5,7-8,11-12H,9-10H2,1-2H3,(H,24,25)(H,26,31)/t11-/m1/s1. The number of amides is 2. The quantitative estimate of drug-likeness (QED) is 0.492. The van der Waals surface area contributed by atoms with Gasteiger partial charge in [-0.15, -0.1) is 0 Å². The lowest BCUT2D eigenvalue weighted by atomic mass is 10.0. The minimum absolute atomic E-state index is 0.138. The van der Waals surface area contributed by atoms with Crippen molar-refractivity contribution in [1.29, 1.82) is 5.26 Å². The first-order valence-corrected chi connectivity index (χ1v) is 10.1. The van der Waals surface area contributed by atoms with Gasteiger partial charge in [0.1, 0.15) is 28.5 Å². The third-order valence-corrected chi connectivity index (χ3v) is 5.57. The molecule has 0 spiro atoms. The number of rotatable bonds is 4. The second-order valence-corrected chi connectivity index (χ2v) is 7.76. The Hall–Kier alpha value is -4.33. The van der Waals surface area contributed by atoms with Gasteiger partial charge >= 0.3 is 0 Å². The monoisotopic (exact) mass is 429 g/mol. The first-order chi connectivity index (χ1) is 15.5. The van der Waals surface area contributed by atoms with Crippen molar-refractivity contribution < 1.29 is 9.59 Å². The van der Waals surface area contributed by atoms with E-state index in [1.807, 2.05) is 19.2 Å². The molecule has 1 saturated heterocycles. The number of hydrogen-bond donors (Lipinski definition) is 2. The lowest BCUT2D eigenvalue weighted by molar-refractivity contribution is -0.137. The average Bonchev–Trinajstić information content (AvgIpc) is 3.34. The third-order valence-electron chi connectivity index (χ3n) is 5.57. The Bertz CT molecular complexity index is 1410. The molecule has 11 heteroatoms. The summed E-state index contributed by atoms with van der Waals surface area (Å²) in [5.41, 5.74) is 3.71. The van der Waals surface area contributed by atoms with Crippen molar-refractivity contribution >= 4 is 34.0 Å². The van der Waals surface area contributed by atoms with Crippen molar-refractivity contribution in [3.8, 4) is 17.5 Å². The average molecular weight is 429 g/mol. The van der Waals surface area contributed by atoms with E-state index in [1.165, 1.54) is 6.20 Å². The highest BCUT2D eigenvalue weighted by atomic mass is 16.2. The van der Waals surface area contributed by atoms with Crippen molar-refractivity contribution in [2.75, 3.05) is 13.1 Å². The maximum Gasteiger partial charge on any atom is 0.255 e. The number of nitrogens with zero attached hydrogens (tertiary/aromatic N) is 7. The Balaban J connectivity index is 1.42. The van der Waals surface area contributed by atoms with Crippen LogP contribution in [-0.2, 0) is 11.8 Å². The topological polar surface area (TPSA) is 145 Å². The number of hydrogen-bond acceptors (Lipinski definition) is 7. The molecule has 0 aromatic carbocycles. The van der Waals surface area contributed by atoms with Gasteiger partial charge in [0.05, 0.1) is 29.3 Å². The molecule has 0 aliphatic carbocycles. The fourth-order valence-corrected chi connectivity index (χ4v) is 3.79. The summed E-state index contributed by atoms with van der Waals surface area (Å²) in [5.74, 6) is -0.797. The summed E-state index contributed by atoms with van der Waals surface area (Å²) >= 11 is 0. The molecule has 1 fully saturated rings. The zero-order valence-corrected chi connectivity index (χ0v) is 17.4. The number of carbonyl (C=O) groups is 2. The van der Waals surface area contributed by atoms with E-state index < -0.39 is 11.9 Å². The molecular formula is C21H19N9O2. The Kier molecular flexibility index (Phi) is 4.55. The number of aromatic amines is 1. The lowest BCUT2D eigenvalue weighted by Gasteiger charge is -2.37. The summed E-state index contributed by atoms with van der Waals surface area (Å²) < 4.78 is 1.72. The van der Waals surface area contributed by atoms with Crippen LogP contribution in [-0.4, -0.2) is 65.6 Å². The highest BCUT2D eigenvalue weighted by Gasteiger charge is 2.33. The Morgan fingerprint density at radius 3 is 2.91 bits per heavy atom. The number of likely N-dealkylation sites (tertiary alicyclic amines) is 1. The van der Waals surface area contributed by atoms with E-state index in [1.54, 1.807) is 28.9 Å². The van der Waals surface area contributed by atoms with Gasteiger partial charge in [0.25, 0.3) is 5.91 Å². The minimum Gasteiger partial charge on any atom is -0.344 e. The zero-order chi connectivity index (χ0) is 22.4. The maximum atomic E-state index is 12.9. The minimum atomic E-state index is -0.729. The van der Waals surface area contributed by atoms with Gasteiger partial charge in [0, 0.05) is 32.5 Å². The summed E-state index contributed by atoms with van der Waals surface area (Å²) in [4.78, 5) is 43.3. The Labute approximate surface area is 182 Å². The lowest BCUT2D eigenvalue weighted by Crippen LogP contribution is -2.55. The van der Waals surface area contributed by atoms with Crippen LogP contribution in [0.3, 0.4) is 0 Å². The number of nitrogens with one attached hydrogen (secondary N) is 2. The van der Waals surface area contributed by atoms with Gasteiger partial charge in [-0.3, -0.25) is 19.3 Å². The molecule has 5 rings (SSSR count). The number of aryl methyl sites for hydroxylation is 1. The molecule has 0 saturated carbocycles. The molecule has 1 aliphatic heterocycles. The van der Waals surface area contributed by atoms with Crippen LogP contribution in [0.25, 0.3) is 33.6 Å². The summed E-state index contributed by atoms with van der Waals surface area (Å²) in [6.07, 6.45) is 4.79. The summed E-state index contributed by atoms with van der Waals surface area (Å²) in [6.45, 7) is 2.41. The second-order valence-electron chi connectivity index (χ2n) is 7.76. The number of carbonyl (C=O) groups excluding carboxylic acids is 2. The molecule has 0 bridgehead atoms. The van der Waals surface area contributed by atoms with Gasteiger partial charge in [-0.05, 0) is 19.1 Å². The fraction of sp³-hybridized carbons (Fsp3) is 0.286. The summed E-state index contributed by atoms with van der Waals surface area (Å²) in [5, 5.41) is 16.1. The van der Waals surface area contributed by atoms with E-state index in [2.05, 4.69) is 36.4 Å². The number of pyridine rings is 1. The van der Waals surface area contributed by atoms with E-state index in [9.17, 15) is 9.59 Å². The smallest absolute Gasteiger partial charge is 0.255 e. The van der Waals surface area contributed by atoms with Crippen molar-refractivity contribution in [1.82, 2.24) is 39.9 Å². The van der Waals surface area contributed by atoms with Crippen LogP contribution in [0, 0.1) is 17.2 Å². The maximum absolute atomic E-state index is 12.9. The van der Waals surface area contributed by atoms with Crippen LogP contribution < -0.4 is 5.32 Å². The van der Waals surface area contributed by atoms with Gasteiger partial charge in [-0.2, -0.15) is 10.4 Å². The molecular weight excluding hydrogens is 410 g/mol. The predicted octanol–water partition coefficient (Wildman–Crippen LogP) is 1.01. The number of H-pyrrole nitrogens is 1. The summed E-state index contributed by atoms with van der Waals surface area (Å²) in [7, 11) is 1.82. The van der Waals surface area contributed by atoms with Crippen LogP contribution in [0.15, 0.2) is 30.7 Å². The van der Waals surface area contributed by atoms with Crippen LogP contribution in [0.5, 0.6) is 0 Å². The van der Waals surface area contributed by atoms with Gasteiger partial charge < -0.3 is 15.2 Å². The molecule has 5 heterocycles. The third kappa shape index (κ3) is 3.13. The first kappa shape index (κ1) is 19.6. The molecule has 2 N–H and O–H groups in total. The molecule has 160 valence electrons. The zero-order valence-electron chi connectivity index (χ0n) is 17.4. The summed E-state index contributed by atoms with van der Waals surface area (Å²) in [6, 6.07) is 5.14. The largest absolute Gasteiger partial charge is 0.344 e. The molecule has 32 heavy (non-hydrogen) atoms. The Morgan fingerprint density at radius 2 is 2.12 bits per heavy atom. The van der Waals surface area contributed by atoms with Crippen LogP contribution >= 0.6 is 0 Å². The molecule has 0 unspecified atom stereocenters. The van der Waals surface area contributed by atoms with Crippen LogP contribution in [0.2, 0.25) is 0 Å². The van der Waals surface area contributed by atoms with Gasteiger partial charge in [-0.25, -0.2) is 9.97 Å². The Morgan fingerprint density at radius 1 is 1.31 bits per heavy atom. The van der Waals surface area contributed by atoms with Gasteiger partial charge in [0.2, 0.25) is 5.91 Å². The highest BCUT2D eigenvalue weighted by Crippen LogP contribution is 2.26. The van der Waals surface area contributed by atoms with E-state index in [0.717, 1.165) is 5.52 Å². The highest BCUT2D eigenvalue weighted by molar-refractivity contribution is 6.06. The van der Waals surface area contributed by atoms with Gasteiger partial charge in [0.15, 0.2) is 5.65 Å². The molecule has 4 aromatic rings. The van der Waals surface area contributed by atoms with E-state index in [0.29, 0.717) is 41.2 Å². The van der Waals surface area contributed by atoms with Gasteiger partial charge in [-0.1, -0.05) is 0 Å². The van der Waals surface area contributed by atoms with Crippen molar-refractivity contribution in [2.24, 2.45) is 13.0 Å². The van der Waals surface area contributed by atoms with Crippen LogP contribution in [0.1, 0.15) is 17.3 Å². The number of aromatic nitrogens is 6. The second kappa shape index (κ2) is 7.42. The number of fused-ring (bicyclic) bond motifs is 2. The molecule has 2 amide bonds. The van der Waals surface area contributed by atoms with Crippen molar-refractivity contribution in [2.45, 2.75) is 13.0 Å². The molecule has 0 radical (unpaired) electrons. The fourth-order valence-electron chi connectivity index (χ4n) is 3.79. The number of nitriles is 1. The first-order valence-electron chi connectivity index (χ1n) is 10.1. The van der Waals surface area contributed by atoms with E-state index >= 15 is 0 Å². The molecule has 1 aliphatic rings.